The van der Waals surface area contributed by atoms with Gasteiger partial charge in [0.05, 0.1) is 23.7 Å². The Morgan fingerprint density at radius 1 is 1.21 bits per heavy atom. The Morgan fingerprint density at radius 2 is 2.11 bits per heavy atom. The number of furan rings is 1. The average molecular weight is 255 g/mol. The Balaban J connectivity index is 1.89. The van der Waals surface area contributed by atoms with Crippen LogP contribution in [0.25, 0.3) is 5.69 Å². The third-order valence-corrected chi connectivity index (χ3v) is 2.84. The quantitative estimate of drug-likeness (QED) is 0.775. The van der Waals surface area contributed by atoms with Crippen molar-refractivity contribution in [1.29, 1.82) is 0 Å². The molecule has 0 fully saturated rings. The van der Waals surface area contributed by atoms with Crippen molar-refractivity contribution < 1.29 is 4.42 Å². The van der Waals surface area contributed by atoms with Crippen molar-refractivity contribution in [1.82, 2.24) is 20.2 Å². The molecule has 1 unspecified atom stereocenters. The van der Waals surface area contributed by atoms with E-state index >= 15 is 0 Å². The SMILES string of the molecule is CC(Nc1ccccc1-n1cnnn1)c1ccco1. The molecule has 96 valence electrons. The third-order valence-electron chi connectivity index (χ3n) is 2.84. The fourth-order valence-corrected chi connectivity index (χ4v) is 1.91. The zero-order valence-corrected chi connectivity index (χ0v) is 10.4. The van der Waals surface area contributed by atoms with Gasteiger partial charge < -0.3 is 9.73 Å². The molecule has 0 radical (unpaired) electrons. The maximum Gasteiger partial charge on any atom is 0.143 e. The highest BCUT2D eigenvalue weighted by Crippen LogP contribution is 2.24. The largest absolute Gasteiger partial charge is 0.467 e. The van der Waals surface area contributed by atoms with E-state index in [1.165, 1.54) is 0 Å². The highest BCUT2D eigenvalue weighted by Gasteiger charge is 2.11. The summed E-state index contributed by atoms with van der Waals surface area (Å²) in [5.74, 6) is 0.881. The van der Waals surface area contributed by atoms with Gasteiger partial charge in [0.1, 0.15) is 12.1 Å². The second kappa shape index (κ2) is 4.93. The number of nitrogens with zero attached hydrogens (tertiary/aromatic N) is 4. The molecule has 0 aliphatic rings. The maximum absolute atomic E-state index is 5.39. The zero-order valence-electron chi connectivity index (χ0n) is 10.4. The molecule has 0 bridgehead atoms. The summed E-state index contributed by atoms with van der Waals surface area (Å²) in [4.78, 5) is 0. The lowest BCUT2D eigenvalue weighted by molar-refractivity contribution is 0.490. The number of tetrazole rings is 1. The molecule has 3 aromatic rings. The van der Waals surface area contributed by atoms with Gasteiger partial charge >= 0.3 is 0 Å². The van der Waals surface area contributed by atoms with Crippen LogP contribution in [0.1, 0.15) is 18.7 Å². The lowest BCUT2D eigenvalue weighted by Gasteiger charge is -2.15. The molecular weight excluding hydrogens is 242 g/mol. The number of benzene rings is 1. The van der Waals surface area contributed by atoms with E-state index in [2.05, 4.69) is 20.8 Å². The number of rotatable bonds is 4. The minimum atomic E-state index is 0.0626. The van der Waals surface area contributed by atoms with Crippen molar-refractivity contribution in [3.8, 4) is 5.69 Å². The number of hydrogen-bond donors (Lipinski definition) is 1. The monoisotopic (exact) mass is 255 g/mol. The van der Waals surface area contributed by atoms with Crippen molar-refractivity contribution in [2.75, 3.05) is 5.32 Å². The van der Waals surface area contributed by atoms with Gasteiger partial charge in [-0.25, -0.2) is 0 Å². The van der Waals surface area contributed by atoms with Gasteiger partial charge in [0, 0.05) is 0 Å². The van der Waals surface area contributed by atoms with Crippen LogP contribution in [0.2, 0.25) is 0 Å². The first-order valence-electron chi connectivity index (χ1n) is 5.97. The van der Waals surface area contributed by atoms with Gasteiger partial charge in [0.15, 0.2) is 0 Å². The fraction of sp³-hybridized carbons (Fsp3) is 0.154. The highest BCUT2D eigenvalue weighted by molar-refractivity contribution is 5.61. The van der Waals surface area contributed by atoms with E-state index in [-0.39, 0.29) is 6.04 Å². The summed E-state index contributed by atoms with van der Waals surface area (Å²) in [5, 5.41) is 14.6. The summed E-state index contributed by atoms with van der Waals surface area (Å²) in [6.07, 6.45) is 3.23. The van der Waals surface area contributed by atoms with Crippen molar-refractivity contribution >= 4 is 5.69 Å². The van der Waals surface area contributed by atoms with Crippen LogP contribution in [0.15, 0.2) is 53.4 Å². The number of para-hydroxylation sites is 2. The van der Waals surface area contributed by atoms with E-state index < -0.39 is 0 Å². The summed E-state index contributed by atoms with van der Waals surface area (Å²) >= 11 is 0. The summed E-state index contributed by atoms with van der Waals surface area (Å²) in [6, 6.07) is 11.7. The van der Waals surface area contributed by atoms with Crippen molar-refractivity contribution in [3.63, 3.8) is 0 Å². The van der Waals surface area contributed by atoms with Crippen LogP contribution in [0.4, 0.5) is 5.69 Å². The molecule has 0 saturated carbocycles. The Morgan fingerprint density at radius 3 is 2.84 bits per heavy atom. The Hall–Kier alpha value is -2.63. The van der Waals surface area contributed by atoms with Crippen LogP contribution in [0.5, 0.6) is 0 Å². The molecule has 1 N–H and O–H groups in total. The Bertz CT molecular complexity index is 633. The molecule has 0 amide bonds. The topological polar surface area (TPSA) is 68.8 Å². The number of nitrogens with one attached hydrogen (secondary N) is 1. The molecule has 6 heteroatoms. The van der Waals surface area contributed by atoms with Crippen molar-refractivity contribution in [2.24, 2.45) is 0 Å². The van der Waals surface area contributed by atoms with Crippen LogP contribution in [-0.2, 0) is 0 Å². The normalized spacial score (nSPS) is 12.3. The van der Waals surface area contributed by atoms with Gasteiger partial charge in [-0.15, -0.1) is 5.10 Å². The van der Waals surface area contributed by atoms with Crippen molar-refractivity contribution in [3.05, 3.63) is 54.7 Å². The van der Waals surface area contributed by atoms with Crippen molar-refractivity contribution in [2.45, 2.75) is 13.0 Å². The molecule has 0 aliphatic heterocycles. The zero-order chi connectivity index (χ0) is 13.1. The first kappa shape index (κ1) is 11.5. The van der Waals surface area contributed by atoms with Crippen LogP contribution < -0.4 is 5.32 Å². The van der Waals surface area contributed by atoms with Gasteiger partial charge in [0.25, 0.3) is 0 Å². The molecule has 0 spiro atoms. The molecule has 0 aliphatic carbocycles. The molecule has 3 rings (SSSR count). The Kier molecular flexibility index (Phi) is 2.97. The van der Waals surface area contributed by atoms with Crippen LogP contribution in [0.3, 0.4) is 0 Å². The predicted molar refractivity (Wildman–Crippen MR) is 69.9 cm³/mol. The van der Waals surface area contributed by atoms with Crippen LogP contribution in [0, 0.1) is 0 Å². The first-order chi connectivity index (χ1) is 9.34. The van der Waals surface area contributed by atoms with E-state index in [0.29, 0.717) is 0 Å². The predicted octanol–water partition coefficient (Wildman–Crippen LogP) is 2.43. The standard InChI is InChI=1S/C13H13N5O/c1-10(13-7-4-8-19-13)15-11-5-2-3-6-12(11)18-9-14-16-17-18/h2-10,15H,1H3. The summed E-state index contributed by atoms with van der Waals surface area (Å²) in [7, 11) is 0. The molecule has 2 heterocycles. The molecule has 1 atom stereocenters. The van der Waals surface area contributed by atoms with Gasteiger partial charge in [-0.05, 0) is 41.6 Å². The van der Waals surface area contributed by atoms with Crippen LogP contribution >= 0.6 is 0 Å². The van der Waals surface area contributed by atoms with Gasteiger partial charge in [0.2, 0.25) is 0 Å². The van der Waals surface area contributed by atoms with Crippen LogP contribution in [-0.4, -0.2) is 20.2 Å². The minimum Gasteiger partial charge on any atom is -0.467 e. The smallest absolute Gasteiger partial charge is 0.143 e. The third kappa shape index (κ3) is 2.33. The minimum absolute atomic E-state index is 0.0626. The van der Waals surface area contributed by atoms with E-state index in [9.17, 15) is 0 Å². The van der Waals surface area contributed by atoms with E-state index in [0.717, 1.165) is 17.1 Å². The van der Waals surface area contributed by atoms with E-state index in [1.54, 1.807) is 17.3 Å². The average Bonchev–Trinajstić information content (AvgIpc) is 3.13. The molecule has 6 nitrogen and oxygen atoms in total. The molecule has 1 aromatic carbocycles. The number of hydrogen-bond acceptors (Lipinski definition) is 5. The van der Waals surface area contributed by atoms with E-state index in [4.69, 9.17) is 4.42 Å². The summed E-state index contributed by atoms with van der Waals surface area (Å²) in [5.41, 5.74) is 1.84. The summed E-state index contributed by atoms with van der Waals surface area (Å²) in [6.45, 7) is 2.04. The second-order valence-corrected chi connectivity index (χ2v) is 4.15. The fourth-order valence-electron chi connectivity index (χ4n) is 1.91. The molecule has 0 saturated heterocycles. The number of aromatic nitrogens is 4. The molecule has 2 aromatic heterocycles. The first-order valence-corrected chi connectivity index (χ1v) is 5.97. The maximum atomic E-state index is 5.39. The van der Waals surface area contributed by atoms with E-state index in [1.807, 2.05) is 43.3 Å². The summed E-state index contributed by atoms with van der Waals surface area (Å²) < 4.78 is 7.01. The number of anilines is 1. The van der Waals surface area contributed by atoms with Gasteiger partial charge in [-0.2, -0.15) is 4.68 Å². The highest BCUT2D eigenvalue weighted by atomic mass is 16.3. The Labute approximate surface area is 110 Å². The lowest BCUT2D eigenvalue weighted by Crippen LogP contribution is -2.09. The second-order valence-electron chi connectivity index (χ2n) is 4.15. The lowest BCUT2D eigenvalue weighted by atomic mass is 10.2. The molecule has 19 heavy (non-hydrogen) atoms. The van der Waals surface area contributed by atoms with Gasteiger partial charge in [-0.1, -0.05) is 12.1 Å². The molecular formula is C13H13N5O. The van der Waals surface area contributed by atoms with Gasteiger partial charge in [-0.3, -0.25) is 0 Å².